The van der Waals surface area contributed by atoms with E-state index in [-0.39, 0.29) is 0 Å². The van der Waals surface area contributed by atoms with E-state index in [0.29, 0.717) is 12.3 Å². The van der Waals surface area contributed by atoms with Crippen LogP contribution in [0.25, 0.3) is 16.9 Å². The fourth-order valence-corrected chi connectivity index (χ4v) is 3.24. The van der Waals surface area contributed by atoms with Gasteiger partial charge in [0.05, 0.1) is 5.69 Å². The highest BCUT2D eigenvalue weighted by Crippen LogP contribution is 2.27. The van der Waals surface area contributed by atoms with Gasteiger partial charge in [0.2, 0.25) is 0 Å². The molecule has 0 fully saturated rings. The second kappa shape index (κ2) is 5.78. The molecule has 2 aromatic heterocycles. The molecule has 3 nitrogen and oxygen atoms in total. The summed E-state index contributed by atoms with van der Waals surface area (Å²) in [6.07, 6.45) is 0.706. The van der Waals surface area contributed by atoms with E-state index in [9.17, 15) is 0 Å². The fourth-order valence-electron chi connectivity index (χ4n) is 2.40. The zero-order valence-electron chi connectivity index (χ0n) is 11.9. The lowest BCUT2D eigenvalue weighted by Gasteiger charge is -2.11. The van der Waals surface area contributed by atoms with Gasteiger partial charge >= 0.3 is 0 Å². The maximum atomic E-state index is 5.93. The first-order valence-corrected chi connectivity index (χ1v) is 8.10. The number of alkyl halides is 1. The van der Waals surface area contributed by atoms with Gasteiger partial charge in [-0.05, 0) is 59.6 Å². The van der Waals surface area contributed by atoms with Crippen molar-refractivity contribution in [2.75, 3.05) is 5.88 Å². The predicted octanol–water partition coefficient (Wildman–Crippen LogP) is 4.58. The zero-order chi connectivity index (χ0) is 15.0. The van der Waals surface area contributed by atoms with Crippen LogP contribution in [-0.4, -0.2) is 20.4 Å². The van der Waals surface area contributed by atoms with Gasteiger partial charge in [0.15, 0.2) is 5.65 Å². The van der Waals surface area contributed by atoms with E-state index in [0.717, 1.165) is 32.8 Å². The summed E-state index contributed by atoms with van der Waals surface area (Å²) >= 11 is 9.58. The number of rotatable bonds is 3. The van der Waals surface area contributed by atoms with Gasteiger partial charge in [-0.3, -0.25) is 4.57 Å². The Labute approximate surface area is 137 Å². The monoisotopic (exact) mass is 363 g/mol. The highest BCUT2D eigenvalue weighted by atomic mass is 79.9. The van der Waals surface area contributed by atoms with Crippen LogP contribution >= 0.6 is 27.5 Å². The van der Waals surface area contributed by atoms with Crippen LogP contribution in [0.3, 0.4) is 0 Å². The Kier molecular flexibility index (Phi) is 4.00. The van der Waals surface area contributed by atoms with E-state index >= 15 is 0 Å². The normalized spacial score (nSPS) is 11.2. The predicted molar refractivity (Wildman–Crippen MR) is 90.5 cm³/mol. The van der Waals surface area contributed by atoms with Gasteiger partial charge in [0.1, 0.15) is 11.3 Å². The van der Waals surface area contributed by atoms with Crippen molar-refractivity contribution in [1.82, 2.24) is 14.5 Å². The van der Waals surface area contributed by atoms with Gasteiger partial charge in [0.25, 0.3) is 0 Å². The molecular formula is C16H15BrClN3. The number of hydrogen-bond donors (Lipinski definition) is 0. The summed E-state index contributed by atoms with van der Waals surface area (Å²) in [6.45, 7) is 4.06. The number of aryl methyl sites for hydroxylation is 3. The Bertz CT molecular complexity index is 811. The minimum Gasteiger partial charge on any atom is -0.280 e. The molecule has 0 aliphatic rings. The average Bonchev–Trinajstić information content (AvgIpc) is 2.77. The molecule has 1 aromatic carbocycles. The Hall–Kier alpha value is -1.39. The Balaban J connectivity index is 2.32. The first-order valence-electron chi connectivity index (χ1n) is 6.77. The van der Waals surface area contributed by atoms with Crippen LogP contribution in [0.1, 0.15) is 17.1 Å². The van der Waals surface area contributed by atoms with E-state index in [1.807, 2.05) is 19.1 Å². The molecule has 3 aromatic rings. The van der Waals surface area contributed by atoms with Crippen LogP contribution in [0.5, 0.6) is 0 Å². The maximum absolute atomic E-state index is 5.93. The zero-order valence-corrected chi connectivity index (χ0v) is 14.2. The number of fused-ring (bicyclic) bond motifs is 1. The Morgan fingerprint density at radius 1 is 1.14 bits per heavy atom. The van der Waals surface area contributed by atoms with E-state index in [1.54, 1.807) is 0 Å². The number of imidazole rings is 1. The van der Waals surface area contributed by atoms with E-state index in [1.165, 1.54) is 5.56 Å². The smallest absolute Gasteiger partial charge is 0.164 e. The van der Waals surface area contributed by atoms with Crippen molar-refractivity contribution in [2.24, 2.45) is 0 Å². The minimum atomic E-state index is 0.534. The third-order valence-electron chi connectivity index (χ3n) is 3.38. The molecule has 0 spiro atoms. The van der Waals surface area contributed by atoms with Gasteiger partial charge in [0, 0.05) is 22.5 Å². The van der Waals surface area contributed by atoms with Crippen molar-refractivity contribution in [2.45, 2.75) is 20.3 Å². The lowest BCUT2D eigenvalue weighted by molar-refractivity contribution is 0.900. The van der Waals surface area contributed by atoms with Gasteiger partial charge < -0.3 is 0 Å². The summed E-state index contributed by atoms with van der Waals surface area (Å²) in [7, 11) is 0. The number of hydrogen-bond acceptors (Lipinski definition) is 2. The molecular weight excluding hydrogens is 350 g/mol. The maximum Gasteiger partial charge on any atom is 0.164 e. The lowest BCUT2D eigenvalue weighted by atomic mass is 10.2. The summed E-state index contributed by atoms with van der Waals surface area (Å²) in [5.41, 5.74) is 5.00. The van der Waals surface area contributed by atoms with Crippen molar-refractivity contribution in [3.8, 4) is 5.69 Å². The second-order valence-electron chi connectivity index (χ2n) is 5.05. The minimum absolute atomic E-state index is 0.534. The molecule has 0 radical (unpaired) electrons. The van der Waals surface area contributed by atoms with Crippen molar-refractivity contribution in [1.29, 1.82) is 0 Å². The standard InChI is InChI=1S/C16H15BrClN3/c1-10-3-6-14(12(17)9-10)21-15(7-8-18)20-13-5-4-11(2)19-16(13)21/h3-6,9H,7-8H2,1-2H3. The third-order valence-corrected chi connectivity index (χ3v) is 4.20. The quantitative estimate of drug-likeness (QED) is 0.637. The Morgan fingerprint density at radius 3 is 2.67 bits per heavy atom. The van der Waals surface area contributed by atoms with Crippen LogP contribution < -0.4 is 0 Å². The van der Waals surface area contributed by atoms with E-state index in [2.05, 4.69) is 55.6 Å². The van der Waals surface area contributed by atoms with Crippen LogP contribution in [0.15, 0.2) is 34.8 Å². The molecule has 108 valence electrons. The average molecular weight is 365 g/mol. The molecule has 0 aliphatic heterocycles. The third kappa shape index (κ3) is 2.70. The van der Waals surface area contributed by atoms with Crippen LogP contribution in [-0.2, 0) is 6.42 Å². The van der Waals surface area contributed by atoms with Gasteiger partial charge in [-0.25, -0.2) is 9.97 Å². The lowest BCUT2D eigenvalue weighted by Crippen LogP contribution is -2.04. The fraction of sp³-hybridized carbons (Fsp3) is 0.250. The molecule has 0 aliphatic carbocycles. The first kappa shape index (κ1) is 14.5. The highest BCUT2D eigenvalue weighted by molar-refractivity contribution is 9.10. The number of nitrogens with zero attached hydrogens (tertiary/aromatic N) is 3. The largest absolute Gasteiger partial charge is 0.280 e. The topological polar surface area (TPSA) is 30.7 Å². The van der Waals surface area contributed by atoms with E-state index < -0.39 is 0 Å². The van der Waals surface area contributed by atoms with E-state index in [4.69, 9.17) is 11.6 Å². The molecule has 0 saturated heterocycles. The number of halogens is 2. The molecule has 0 atom stereocenters. The van der Waals surface area contributed by atoms with Gasteiger partial charge in [-0.2, -0.15) is 0 Å². The molecule has 3 rings (SSSR count). The Morgan fingerprint density at radius 2 is 1.95 bits per heavy atom. The van der Waals surface area contributed by atoms with Gasteiger partial charge in [-0.15, -0.1) is 11.6 Å². The summed E-state index contributed by atoms with van der Waals surface area (Å²) in [4.78, 5) is 9.33. The van der Waals surface area contributed by atoms with Crippen molar-refractivity contribution in [3.63, 3.8) is 0 Å². The molecule has 0 bridgehead atoms. The molecule has 0 saturated carbocycles. The summed E-state index contributed by atoms with van der Waals surface area (Å²) in [6, 6.07) is 10.3. The molecule has 5 heteroatoms. The SMILES string of the molecule is Cc1ccc(-n2c(CCCl)nc3ccc(C)nc32)c(Br)c1. The summed E-state index contributed by atoms with van der Waals surface area (Å²) in [5, 5.41) is 0. The summed E-state index contributed by atoms with van der Waals surface area (Å²) in [5.74, 6) is 1.47. The van der Waals surface area contributed by atoms with Crippen LogP contribution in [0, 0.1) is 13.8 Å². The highest BCUT2D eigenvalue weighted by Gasteiger charge is 2.15. The molecule has 0 amide bonds. The number of aromatic nitrogens is 3. The number of pyridine rings is 1. The molecule has 0 unspecified atom stereocenters. The van der Waals surface area contributed by atoms with Crippen LogP contribution in [0.2, 0.25) is 0 Å². The van der Waals surface area contributed by atoms with Crippen LogP contribution in [0.4, 0.5) is 0 Å². The first-order chi connectivity index (χ1) is 10.1. The van der Waals surface area contributed by atoms with Crippen molar-refractivity contribution < 1.29 is 0 Å². The van der Waals surface area contributed by atoms with Gasteiger partial charge in [-0.1, -0.05) is 6.07 Å². The molecule has 21 heavy (non-hydrogen) atoms. The van der Waals surface area contributed by atoms with Crippen molar-refractivity contribution >= 4 is 38.7 Å². The summed E-state index contributed by atoms with van der Waals surface area (Å²) < 4.78 is 3.12. The number of benzene rings is 1. The second-order valence-corrected chi connectivity index (χ2v) is 6.28. The molecule has 0 N–H and O–H groups in total. The molecule has 2 heterocycles. The van der Waals surface area contributed by atoms with Crippen molar-refractivity contribution in [3.05, 3.63) is 51.9 Å².